The van der Waals surface area contributed by atoms with Gasteiger partial charge in [-0.15, -0.1) is 0 Å². The van der Waals surface area contributed by atoms with E-state index >= 15 is 0 Å². The van der Waals surface area contributed by atoms with Crippen molar-refractivity contribution in [1.29, 1.82) is 0 Å². The van der Waals surface area contributed by atoms with Crippen molar-refractivity contribution in [3.8, 4) is 0 Å². The van der Waals surface area contributed by atoms with Crippen LogP contribution < -0.4 is 5.32 Å². The molecule has 0 aromatic carbocycles. The Bertz CT molecular complexity index is 91.1. The normalized spacial score (nSPS) is 29.2. The van der Waals surface area contributed by atoms with Gasteiger partial charge in [0.05, 0.1) is 12.7 Å². The van der Waals surface area contributed by atoms with Gasteiger partial charge in [-0.05, 0) is 19.8 Å². The summed E-state index contributed by atoms with van der Waals surface area (Å²) in [5, 5.41) is 3.21. The van der Waals surface area contributed by atoms with E-state index in [1.807, 2.05) is 0 Å². The van der Waals surface area contributed by atoms with Gasteiger partial charge >= 0.3 is 0 Å². The Balaban J connectivity index is 0.000000127. The zero-order valence-electron chi connectivity index (χ0n) is 7.84. The fraction of sp³-hybridized carbons (Fsp3) is 1.00. The maximum atomic E-state index is 5.22. The first kappa shape index (κ1) is 9.96. The molecule has 2 fully saturated rings. The van der Waals surface area contributed by atoms with Gasteiger partial charge in [0.15, 0.2) is 0 Å². The Morgan fingerprint density at radius 2 is 1.92 bits per heavy atom. The van der Waals surface area contributed by atoms with Gasteiger partial charge in [0, 0.05) is 26.3 Å². The summed E-state index contributed by atoms with van der Waals surface area (Å²) in [7, 11) is 0. The summed E-state index contributed by atoms with van der Waals surface area (Å²) in [5.74, 6) is 0. The highest BCUT2D eigenvalue weighted by Crippen LogP contribution is 1.98. The zero-order chi connectivity index (χ0) is 8.65. The van der Waals surface area contributed by atoms with E-state index in [2.05, 4.69) is 12.2 Å². The highest BCUT2D eigenvalue weighted by Gasteiger charge is 2.04. The van der Waals surface area contributed by atoms with Crippen LogP contribution in [0.25, 0.3) is 0 Å². The van der Waals surface area contributed by atoms with E-state index in [1.165, 1.54) is 12.8 Å². The summed E-state index contributed by atoms with van der Waals surface area (Å²) in [5.41, 5.74) is 0. The molecule has 1 unspecified atom stereocenters. The molecule has 0 bridgehead atoms. The van der Waals surface area contributed by atoms with Crippen LogP contribution in [0.4, 0.5) is 0 Å². The predicted molar refractivity (Wildman–Crippen MR) is 48.3 cm³/mol. The van der Waals surface area contributed by atoms with Crippen molar-refractivity contribution in [3.05, 3.63) is 0 Å². The summed E-state index contributed by atoms with van der Waals surface area (Å²) >= 11 is 0. The molecule has 12 heavy (non-hydrogen) atoms. The summed E-state index contributed by atoms with van der Waals surface area (Å²) in [6, 6.07) is 0. The molecule has 2 rings (SSSR count). The molecular formula is C9H19NO2. The minimum atomic E-state index is 0.425. The van der Waals surface area contributed by atoms with Crippen molar-refractivity contribution in [3.63, 3.8) is 0 Å². The minimum absolute atomic E-state index is 0.425. The lowest BCUT2D eigenvalue weighted by Gasteiger charge is -2.18. The van der Waals surface area contributed by atoms with Gasteiger partial charge in [0.1, 0.15) is 0 Å². The van der Waals surface area contributed by atoms with Crippen LogP contribution in [0, 0.1) is 0 Å². The van der Waals surface area contributed by atoms with Crippen LogP contribution in [0.3, 0.4) is 0 Å². The number of morpholine rings is 1. The first-order chi connectivity index (χ1) is 5.89. The molecule has 0 aromatic heterocycles. The fourth-order valence-corrected chi connectivity index (χ4v) is 1.21. The molecule has 0 amide bonds. The van der Waals surface area contributed by atoms with Crippen molar-refractivity contribution >= 4 is 0 Å². The van der Waals surface area contributed by atoms with Crippen molar-refractivity contribution in [2.24, 2.45) is 0 Å². The monoisotopic (exact) mass is 173 g/mol. The molecule has 1 N–H and O–H groups in total. The van der Waals surface area contributed by atoms with Crippen molar-refractivity contribution in [2.45, 2.75) is 25.9 Å². The van der Waals surface area contributed by atoms with E-state index in [4.69, 9.17) is 9.47 Å². The van der Waals surface area contributed by atoms with E-state index in [-0.39, 0.29) is 0 Å². The number of hydrogen-bond donors (Lipinski definition) is 1. The van der Waals surface area contributed by atoms with Crippen molar-refractivity contribution in [2.75, 3.05) is 32.9 Å². The fourth-order valence-electron chi connectivity index (χ4n) is 1.21. The highest BCUT2D eigenvalue weighted by atomic mass is 16.5. The van der Waals surface area contributed by atoms with E-state index < -0.39 is 0 Å². The lowest BCUT2D eigenvalue weighted by Crippen LogP contribution is -2.36. The number of ether oxygens (including phenoxy) is 2. The van der Waals surface area contributed by atoms with Crippen LogP contribution in [0.5, 0.6) is 0 Å². The van der Waals surface area contributed by atoms with Gasteiger partial charge in [-0.2, -0.15) is 0 Å². The molecule has 0 radical (unpaired) electrons. The molecule has 3 heteroatoms. The van der Waals surface area contributed by atoms with Crippen LogP contribution in [0.15, 0.2) is 0 Å². The number of hydrogen-bond acceptors (Lipinski definition) is 3. The Kier molecular flexibility index (Phi) is 5.32. The van der Waals surface area contributed by atoms with Gasteiger partial charge in [-0.1, -0.05) is 0 Å². The van der Waals surface area contributed by atoms with Gasteiger partial charge in [-0.25, -0.2) is 0 Å². The van der Waals surface area contributed by atoms with E-state index in [1.54, 1.807) is 0 Å². The third-order valence-corrected chi connectivity index (χ3v) is 1.94. The molecule has 2 saturated heterocycles. The lowest BCUT2D eigenvalue weighted by atomic mass is 10.3. The second-order valence-electron chi connectivity index (χ2n) is 3.21. The zero-order valence-corrected chi connectivity index (χ0v) is 7.84. The highest BCUT2D eigenvalue weighted by molar-refractivity contribution is 4.59. The van der Waals surface area contributed by atoms with E-state index in [9.17, 15) is 0 Å². The third kappa shape index (κ3) is 4.70. The van der Waals surface area contributed by atoms with Crippen LogP contribution in [0.1, 0.15) is 19.8 Å². The predicted octanol–water partition coefficient (Wildman–Crippen LogP) is 0.791. The molecule has 0 spiro atoms. The SMILES string of the molecule is C1CCOC1.CC1CNCCO1. The standard InChI is InChI=1S/C5H11NO.C4H8O/c1-5-4-6-2-3-7-5;1-2-4-5-3-1/h5-6H,2-4H2,1H3;1-4H2. The second-order valence-corrected chi connectivity index (χ2v) is 3.21. The summed E-state index contributed by atoms with van der Waals surface area (Å²) < 4.78 is 10.2. The molecule has 0 aliphatic carbocycles. The molecule has 0 saturated carbocycles. The Morgan fingerprint density at radius 3 is 2.17 bits per heavy atom. The van der Waals surface area contributed by atoms with Crippen LogP contribution in [0.2, 0.25) is 0 Å². The molecule has 3 nitrogen and oxygen atoms in total. The van der Waals surface area contributed by atoms with Gasteiger partial charge in [0.25, 0.3) is 0 Å². The third-order valence-electron chi connectivity index (χ3n) is 1.94. The molecular weight excluding hydrogens is 154 g/mol. The molecule has 1 atom stereocenters. The summed E-state index contributed by atoms with van der Waals surface area (Å²) in [6.07, 6.45) is 2.98. The van der Waals surface area contributed by atoms with E-state index in [0.29, 0.717) is 6.10 Å². The lowest BCUT2D eigenvalue weighted by molar-refractivity contribution is 0.0410. The van der Waals surface area contributed by atoms with Gasteiger partial charge in [-0.3, -0.25) is 0 Å². The average molecular weight is 173 g/mol. The largest absolute Gasteiger partial charge is 0.381 e. The van der Waals surface area contributed by atoms with Crippen molar-refractivity contribution in [1.82, 2.24) is 5.32 Å². The molecule has 2 heterocycles. The summed E-state index contributed by atoms with van der Waals surface area (Å²) in [4.78, 5) is 0. The molecule has 72 valence electrons. The quantitative estimate of drug-likeness (QED) is 0.587. The number of rotatable bonds is 0. The van der Waals surface area contributed by atoms with E-state index in [0.717, 1.165) is 32.9 Å². The Labute approximate surface area is 74.4 Å². The van der Waals surface area contributed by atoms with Crippen LogP contribution in [-0.4, -0.2) is 39.0 Å². The van der Waals surface area contributed by atoms with Gasteiger partial charge in [0.2, 0.25) is 0 Å². The number of nitrogens with one attached hydrogen (secondary N) is 1. The van der Waals surface area contributed by atoms with Gasteiger partial charge < -0.3 is 14.8 Å². The molecule has 2 aliphatic heterocycles. The topological polar surface area (TPSA) is 30.5 Å². The minimum Gasteiger partial charge on any atom is -0.381 e. The Morgan fingerprint density at radius 1 is 1.17 bits per heavy atom. The molecule has 0 aromatic rings. The molecule has 2 aliphatic rings. The smallest absolute Gasteiger partial charge is 0.0672 e. The summed E-state index contributed by atoms with van der Waals surface area (Å²) in [6.45, 7) is 6.98. The van der Waals surface area contributed by atoms with Crippen molar-refractivity contribution < 1.29 is 9.47 Å². The van der Waals surface area contributed by atoms with Crippen LogP contribution in [-0.2, 0) is 9.47 Å². The Hall–Kier alpha value is -0.120. The first-order valence-electron chi connectivity index (χ1n) is 4.79. The maximum absolute atomic E-state index is 5.22. The first-order valence-corrected chi connectivity index (χ1v) is 4.79. The average Bonchev–Trinajstić information content (AvgIpc) is 2.62. The second kappa shape index (κ2) is 6.40. The maximum Gasteiger partial charge on any atom is 0.0672 e. The van der Waals surface area contributed by atoms with Crippen LogP contribution >= 0.6 is 0 Å².